The first-order valence-corrected chi connectivity index (χ1v) is 21.6. The third-order valence-electron chi connectivity index (χ3n) is 9.72. The number of aliphatic hydroxyl groups is 2. The summed E-state index contributed by atoms with van der Waals surface area (Å²) in [5, 5.41) is 23.0. The minimum absolute atomic E-state index is 0.0475. The molecule has 1 amide bonds. The van der Waals surface area contributed by atoms with E-state index in [1.165, 1.54) is 109 Å². The van der Waals surface area contributed by atoms with Gasteiger partial charge in [0.05, 0.1) is 25.4 Å². The third kappa shape index (κ3) is 36.1. The van der Waals surface area contributed by atoms with Crippen molar-refractivity contribution >= 4 is 11.9 Å². The fraction of sp³-hybridized carbons (Fsp3) is 0.864. The van der Waals surface area contributed by atoms with Crippen LogP contribution in [0.2, 0.25) is 0 Å². The minimum Gasteiger partial charge on any atom is -0.466 e. The SMILES string of the molecule is CCCCC/C=C\CCCCCCCC(=O)OCCCC/C=C\CCCCCCC(=O)NC(CO)C(O)CCCCCCCCCCCCC. The monoisotopic (exact) mass is 706 g/mol. The fourth-order valence-corrected chi connectivity index (χ4v) is 6.33. The lowest BCUT2D eigenvalue weighted by Gasteiger charge is -2.22. The number of nitrogens with one attached hydrogen (secondary N) is 1. The number of unbranched alkanes of at least 4 members (excludes halogenated alkanes) is 24. The summed E-state index contributed by atoms with van der Waals surface area (Å²) in [4.78, 5) is 24.3. The lowest BCUT2D eigenvalue weighted by Crippen LogP contribution is -2.45. The van der Waals surface area contributed by atoms with Gasteiger partial charge in [-0.3, -0.25) is 9.59 Å². The Hall–Kier alpha value is -1.66. The van der Waals surface area contributed by atoms with Crippen molar-refractivity contribution < 1.29 is 24.5 Å². The lowest BCUT2D eigenvalue weighted by molar-refractivity contribution is -0.143. The highest BCUT2D eigenvalue weighted by Gasteiger charge is 2.20. The van der Waals surface area contributed by atoms with Crippen LogP contribution in [0.5, 0.6) is 0 Å². The number of amides is 1. The zero-order valence-corrected chi connectivity index (χ0v) is 33.1. The number of carbonyl (C=O) groups is 2. The Kier molecular flexibility index (Phi) is 38.8. The van der Waals surface area contributed by atoms with Crippen LogP contribution in [0.15, 0.2) is 24.3 Å². The molecule has 0 aromatic rings. The van der Waals surface area contributed by atoms with E-state index in [1.54, 1.807) is 0 Å². The average Bonchev–Trinajstić information content (AvgIpc) is 3.11. The normalized spacial score (nSPS) is 13.0. The summed E-state index contributed by atoms with van der Waals surface area (Å²) in [5.41, 5.74) is 0. The van der Waals surface area contributed by atoms with Gasteiger partial charge in [0, 0.05) is 12.8 Å². The van der Waals surface area contributed by atoms with Crippen molar-refractivity contribution in [2.24, 2.45) is 0 Å². The van der Waals surface area contributed by atoms with Gasteiger partial charge >= 0.3 is 5.97 Å². The summed E-state index contributed by atoms with van der Waals surface area (Å²) in [6, 6.07) is -0.565. The molecule has 0 fully saturated rings. The molecule has 0 saturated heterocycles. The van der Waals surface area contributed by atoms with E-state index >= 15 is 0 Å². The molecule has 294 valence electrons. The molecule has 6 heteroatoms. The Labute approximate surface area is 310 Å². The summed E-state index contributed by atoms with van der Waals surface area (Å²) in [5.74, 6) is -0.122. The van der Waals surface area contributed by atoms with E-state index in [4.69, 9.17) is 4.74 Å². The van der Waals surface area contributed by atoms with E-state index in [9.17, 15) is 19.8 Å². The van der Waals surface area contributed by atoms with Crippen molar-refractivity contribution in [3.8, 4) is 0 Å². The lowest BCUT2D eigenvalue weighted by atomic mass is 10.0. The zero-order valence-electron chi connectivity index (χ0n) is 33.1. The standard InChI is InChI=1S/C44H83NO5/c1-3-5-7-9-11-13-15-17-22-26-30-34-38-44(49)50-39-35-31-27-23-19-18-21-25-29-33-37-43(48)45-41(40-46)42(47)36-32-28-24-20-16-14-12-10-8-6-4-2/h11,13,19,23,41-42,46-47H,3-10,12,14-18,20-22,24-40H2,1-2H3,(H,45,48)/b13-11-,23-19-. The molecule has 0 aliphatic rings. The first-order valence-electron chi connectivity index (χ1n) is 21.6. The molecule has 0 aromatic carbocycles. The highest BCUT2D eigenvalue weighted by Crippen LogP contribution is 2.14. The summed E-state index contributed by atoms with van der Waals surface area (Å²) in [7, 11) is 0. The van der Waals surface area contributed by atoms with Crippen molar-refractivity contribution in [1.82, 2.24) is 5.32 Å². The van der Waals surface area contributed by atoms with E-state index in [-0.39, 0.29) is 18.5 Å². The van der Waals surface area contributed by atoms with Crippen LogP contribution in [0.1, 0.15) is 219 Å². The molecule has 0 aliphatic heterocycles. The van der Waals surface area contributed by atoms with Gasteiger partial charge in [0.2, 0.25) is 5.91 Å². The Balaban J connectivity index is 3.56. The number of allylic oxidation sites excluding steroid dienone is 4. The van der Waals surface area contributed by atoms with Crippen molar-refractivity contribution in [3.05, 3.63) is 24.3 Å². The van der Waals surface area contributed by atoms with Gasteiger partial charge in [-0.1, -0.05) is 154 Å². The largest absolute Gasteiger partial charge is 0.466 e. The molecule has 0 saturated carbocycles. The number of carbonyl (C=O) groups excluding carboxylic acids is 2. The third-order valence-corrected chi connectivity index (χ3v) is 9.72. The van der Waals surface area contributed by atoms with Crippen molar-refractivity contribution in [2.45, 2.75) is 231 Å². The second kappa shape index (κ2) is 40.1. The van der Waals surface area contributed by atoms with Crippen molar-refractivity contribution in [3.63, 3.8) is 0 Å². The summed E-state index contributed by atoms with van der Waals surface area (Å²) >= 11 is 0. The predicted molar refractivity (Wildman–Crippen MR) is 213 cm³/mol. The van der Waals surface area contributed by atoms with Gasteiger partial charge in [-0.05, 0) is 77.0 Å². The van der Waals surface area contributed by atoms with Crippen molar-refractivity contribution in [2.75, 3.05) is 13.2 Å². The molecule has 3 N–H and O–H groups in total. The van der Waals surface area contributed by atoms with Gasteiger partial charge in [-0.25, -0.2) is 0 Å². The molecule has 2 atom stereocenters. The van der Waals surface area contributed by atoms with E-state index in [0.717, 1.165) is 77.0 Å². The van der Waals surface area contributed by atoms with Crippen LogP contribution in [0.4, 0.5) is 0 Å². The molecule has 6 nitrogen and oxygen atoms in total. The molecule has 0 heterocycles. The first kappa shape index (κ1) is 48.3. The number of hydrogen-bond donors (Lipinski definition) is 3. The summed E-state index contributed by atoms with van der Waals surface area (Å²) < 4.78 is 5.40. The highest BCUT2D eigenvalue weighted by atomic mass is 16.5. The predicted octanol–water partition coefficient (Wildman–Crippen LogP) is 12.0. The van der Waals surface area contributed by atoms with Crippen LogP contribution in [-0.4, -0.2) is 47.4 Å². The molecule has 0 spiro atoms. The molecular formula is C44H83NO5. The molecule has 2 unspecified atom stereocenters. The van der Waals surface area contributed by atoms with Crippen LogP contribution < -0.4 is 5.32 Å². The van der Waals surface area contributed by atoms with Crippen LogP contribution in [0.25, 0.3) is 0 Å². The second-order valence-electron chi connectivity index (χ2n) is 14.7. The molecule has 0 bridgehead atoms. The van der Waals surface area contributed by atoms with E-state index < -0.39 is 12.1 Å². The van der Waals surface area contributed by atoms with Gasteiger partial charge < -0.3 is 20.3 Å². The number of hydrogen-bond acceptors (Lipinski definition) is 5. The summed E-state index contributed by atoms with van der Waals surface area (Å²) in [6.07, 6.45) is 44.2. The minimum atomic E-state index is -0.684. The van der Waals surface area contributed by atoms with E-state index in [2.05, 4.69) is 43.5 Å². The van der Waals surface area contributed by atoms with Crippen LogP contribution in [-0.2, 0) is 14.3 Å². The molecule has 0 aromatic heterocycles. The Bertz CT molecular complexity index is 782. The van der Waals surface area contributed by atoms with E-state index in [1.807, 2.05) is 0 Å². The average molecular weight is 706 g/mol. The van der Waals surface area contributed by atoms with E-state index in [0.29, 0.717) is 25.9 Å². The van der Waals surface area contributed by atoms with Gasteiger partial charge in [0.25, 0.3) is 0 Å². The van der Waals surface area contributed by atoms with Gasteiger partial charge in [0.1, 0.15) is 0 Å². The zero-order chi connectivity index (χ0) is 36.6. The Morgan fingerprint density at radius 3 is 1.46 bits per heavy atom. The Morgan fingerprint density at radius 1 is 0.540 bits per heavy atom. The Morgan fingerprint density at radius 2 is 0.940 bits per heavy atom. The number of rotatable bonds is 39. The maximum atomic E-state index is 12.4. The van der Waals surface area contributed by atoms with Crippen LogP contribution in [0, 0.1) is 0 Å². The molecule has 50 heavy (non-hydrogen) atoms. The fourth-order valence-electron chi connectivity index (χ4n) is 6.33. The maximum Gasteiger partial charge on any atom is 0.305 e. The van der Waals surface area contributed by atoms with Crippen LogP contribution in [0.3, 0.4) is 0 Å². The smallest absolute Gasteiger partial charge is 0.305 e. The highest BCUT2D eigenvalue weighted by molar-refractivity contribution is 5.76. The maximum absolute atomic E-state index is 12.4. The topological polar surface area (TPSA) is 95.9 Å². The number of aliphatic hydroxyl groups excluding tert-OH is 2. The number of ether oxygens (including phenoxy) is 1. The molecule has 0 rings (SSSR count). The first-order chi connectivity index (χ1) is 24.5. The second-order valence-corrected chi connectivity index (χ2v) is 14.7. The van der Waals surface area contributed by atoms with Crippen LogP contribution >= 0.6 is 0 Å². The van der Waals surface area contributed by atoms with Gasteiger partial charge in [-0.15, -0.1) is 0 Å². The molecule has 0 aliphatic carbocycles. The molecular weight excluding hydrogens is 622 g/mol. The van der Waals surface area contributed by atoms with Gasteiger partial charge in [-0.2, -0.15) is 0 Å². The van der Waals surface area contributed by atoms with Gasteiger partial charge in [0.15, 0.2) is 0 Å². The molecule has 0 radical (unpaired) electrons. The van der Waals surface area contributed by atoms with Crippen molar-refractivity contribution in [1.29, 1.82) is 0 Å². The quantitative estimate of drug-likeness (QED) is 0.0336. The number of esters is 1. The summed E-state index contributed by atoms with van der Waals surface area (Å²) in [6.45, 7) is 4.81.